The lowest BCUT2D eigenvalue weighted by atomic mass is 9.88. The summed E-state index contributed by atoms with van der Waals surface area (Å²) in [7, 11) is 0. The summed E-state index contributed by atoms with van der Waals surface area (Å²) < 4.78 is 0.819. The molecular formula is C39H65BrN8O7. The molecule has 15 nitrogen and oxygen atoms in total. The van der Waals surface area contributed by atoms with Crippen molar-refractivity contribution in [3.05, 3.63) is 34.3 Å². The number of carbonyl (C=O) groups excluding carboxylic acids is 5. The summed E-state index contributed by atoms with van der Waals surface area (Å²) in [5.41, 5.74) is 16.9. The lowest BCUT2D eigenvalue weighted by Crippen LogP contribution is -2.64. The fourth-order valence-corrected chi connectivity index (χ4v) is 6.82. The largest absolute Gasteiger partial charge is 0.480 e. The Bertz CT molecular complexity index is 1410. The number of amides is 5. The maximum Gasteiger partial charge on any atom is 0.326 e. The van der Waals surface area contributed by atoms with Crippen LogP contribution in [0.4, 0.5) is 0 Å². The van der Waals surface area contributed by atoms with Gasteiger partial charge in [-0.05, 0) is 114 Å². The predicted octanol–water partition coefficient (Wildman–Crippen LogP) is 2.12. The number of hydrogen-bond donors (Lipinski definition) is 9. The Labute approximate surface area is 334 Å². The molecule has 7 atom stereocenters. The van der Waals surface area contributed by atoms with Gasteiger partial charge in [-0.3, -0.25) is 24.0 Å². The number of halogens is 1. The van der Waals surface area contributed by atoms with E-state index in [1.54, 1.807) is 31.2 Å². The fraction of sp³-hybridized carbons (Fsp3) is 0.692. The van der Waals surface area contributed by atoms with Gasteiger partial charge in [-0.1, -0.05) is 61.7 Å². The number of carboxylic acid groups (broad SMARTS) is 1. The number of carboxylic acids is 1. The van der Waals surface area contributed by atoms with Gasteiger partial charge in [-0.25, -0.2) is 4.79 Å². The number of aliphatic carboxylic acids is 1. The molecule has 1 aromatic rings. The van der Waals surface area contributed by atoms with Crippen LogP contribution in [0, 0.1) is 11.8 Å². The van der Waals surface area contributed by atoms with E-state index in [4.69, 9.17) is 17.2 Å². The van der Waals surface area contributed by atoms with Crippen LogP contribution in [0.3, 0.4) is 0 Å². The number of rotatable bonds is 17. The minimum absolute atomic E-state index is 0.0256. The highest BCUT2D eigenvalue weighted by Crippen LogP contribution is 2.22. The van der Waals surface area contributed by atoms with E-state index < -0.39 is 71.3 Å². The maximum atomic E-state index is 14.4. The summed E-state index contributed by atoms with van der Waals surface area (Å²) in [6, 6.07) is 1.96. The fourth-order valence-electron chi connectivity index (χ4n) is 6.56. The van der Waals surface area contributed by atoms with Crippen molar-refractivity contribution < 1.29 is 33.9 Å². The van der Waals surface area contributed by atoms with Crippen LogP contribution in [0.2, 0.25) is 0 Å². The third kappa shape index (κ3) is 17.0. The van der Waals surface area contributed by atoms with Gasteiger partial charge in [-0.2, -0.15) is 0 Å². The summed E-state index contributed by atoms with van der Waals surface area (Å²) >= 11 is 3.41. The highest BCUT2D eigenvalue weighted by molar-refractivity contribution is 9.10. The van der Waals surface area contributed by atoms with Gasteiger partial charge in [0, 0.05) is 10.9 Å². The normalized spacial score (nSPS) is 24.2. The van der Waals surface area contributed by atoms with E-state index in [2.05, 4.69) is 42.5 Å². The van der Waals surface area contributed by atoms with E-state index in [1.165, 1.54) is 0 Å². The van der Waals surface area contributed by atoms with E-state index in [0.29, 0.717) is 64.5 Å². The zero-order valence-electron chi connectivity index (χ0n) is 33.0. The predicted molar refractivity (Wildman–Crippen MR) is 215 cm³/mol. The van der Waals surface area contributed by atoms with Gasteiger partial charge in [-0.15, -0.1) is 0 Å². The first kappa shape index (κ1) is 47.6. The molecule has 0 bridgehead atoms. The standard InChI is InChI=1S/C39H65BrN8O7/c1-24(2)22-32(37(53)54)46-35(51)31(23-26-14-16-27(40)17-15-26)47-38(55)39(4)19-9-10-25(3)13-18-28(43)33(49)44-29(11-5-7-20-41)34(50)45-30(36(52)48-39)12-6-8-21-42/h14-17,24-25,28-32H,5-13,18-23,41-43H2,1-4H3,(H,44,49)(H,45,50)(H,46,51)(H,47,55)(H,48,52)(H,53,54)/t25?,28?,29-,30-,31-,32-,39?/m0/s1. The molecule has 1 fully saturated rings. The Morgan fingerprint density at radius 3 is 2.02 bits per heavy atom. The monoisotopic (exact) mass is 836 g/mol. The molecule has 0 spiro atoms. The van der Waals surface area contributed by atoms with Crippen LogP contribution in [0.5, 0.6) is 0 Å². The zero-order valence-corrected chi connectivity index (χ0v) is 34.6. The second kappa shape index (κ2) is 24.1. The first-order chi connectivity index (χ1) is 26.0. The van der Waals surface area contributed by atoms with Crippen molar-refractivity contribution in [2.75, 3.05) is 13.1 Å². The van der Waals surface area contributed by atoms with Crippen molar-refractivity contribution in [1.82, 2.24) is 26.6 Å². The molecule has 0 aliphatic carbocycles. The summed E-state index contributed by atoms with van der Waals surface area (Å²) in [5, 5.41) is 23.8. The molecule has 310 valence electrons. The Morgan fingerprint density at radius 2 is 1.45 bits per heavy atom. The van der Waals surface area contributed by atoms with Gasteiger partial charge < -0.3 is 48.9 Å². The Kier molecular flexibility index (Phi) is 20.9. The highest BCUT2D eigenvalue weighted by atomic mass is 79.9. The average Bonchev–Trinajstić information content (AvgIpc) is 3.12. The molecule has 0 saturated carbocycles. The number of unbranched alkanes of at least 4 members (excludes halogenated alkanes) is 2. The van der Waals surface area contributed by atoms with E-state index >= 15 is 0 Å². The molecule has 1 aliphatic heterocycles. The molecule has 55 heavy (non-hydrogen) atoms. The Hall–Kier alpha value is -3.60. The van der Waals surface area contributed by atoms with Crippen LogP contribution in [0.25, 0.3) is 0 Å². The topological polar surface area (TPSA) is 261 Å². The lowest BCUT2D eigenvalue weighted by molar-refractivity contribution is -0.143. The van der Waals surface area contributed by atoms with Gasteiger partial charge in [0.25, 0.3) is 0 Å². The number of carbonyl (C=O) groups is 6. The minimum Gasteiger partial charge on any atom is -0.480 e. The minimum atomic E-state index is -1.54. The molecule has 12 N–H and O–H groups in total. The van der Waals surface area contributed by atoms with Crippen LogP contribution in [-0.4, -0.2) is 89.4 Å². The molecule has 1 heterocycles. The third-order valence-corrected chi connectivity index (χ3v) is 10.6. The van der Waals surface area contributed by atoms with Gasteiger partial charge in [0.2, 0.25) is 29.5 Å². The van der Waals surface area contributed by atoms with Crippen LogP contribution < -0.4 is 43.8 Å². The van der Waals surface area contributed by atoms with Crippen molar-refractivity contribution in [3.8, 4) is 0 Å². The molecule has 2 rings (SSSR count). The smallest absolute Gasteiger partial charge is 0.326 e. The SMILES string of the molecule is CC(C)C[C@H](NC(=O)[C@H](Cc1ccc(Br)cc1)NC(=O)C1(C)CCCC(C)CCC(N)C(=O)N[C@@H](CCCCN)C(=O)N[C@@H](CCCCN)C(=O)N1)C(=O)O. The maximum absolute atomic E-state index is 14.4. The molecule has 3 unspecified atom stereocenters. The van der Waals surface area contributed by atoms with Crippen LogP contribution >= 0.6 is 15.9 Å². The average molecular weight is 838 g/mol. The summed E-state index contributed by atoms with van der Waals surface area (Å²) in [5.74, 6) is -4.01. The van der Waals surface area contributed by atoms with Crippen molar-refractivity contribution in [2.24, 2.45) is 29.0 Å². The van der Waals surface area contributed by atoms with Crippen molar-refractivity contribution in [3.63, 3.8) is 0 Å². The van der Waals surface area contributed by atoms with E-state index in [1.807, 2.05) is 20.8 Å². The van der Waals surface area contributed by atoms with Gasteiger partial charge in [0.15, 0.2) is 0 Å². The van der Waals surface area contributed by atoms with Crippen molar-refractivity contribution >= 4 is 51.4 Å². The van der Waals surface area contributed by atoms with Gasteiger partial charge >= 0.3 is 5.97 Å². The summed E-state index contributed by atoms with van der Waals surface area (Å²) in [4.78, 5) is 81.3. The van der Waals surface area contributed by atoms with E-state index in [0.717, 1.165) is 10.0 Å². The molecule has 0 aromatic heterocycles. The lowest BCUT2D eigenvalue weighted by Gasteiger charge is -2.34. The van der Waals surface area contributed by atoms with Crippen LogP contribution in [0.15, 0.2) is 28.7 Å². The van der Waals surface area contributed by atoms with E-state index in [-0.39, 0.29) is 43.9 Å². The second-order valence-corrected chi connectivity index (χ2v) is 16.5. The van der Waals surface area contributed by atoms with Crippen LogP contribution in [-0.2, 0) is 35.2 Å². The molecule has 5 amide bonds. The highest BCUT2D eigenvalue weighted by Gasteiger charge is 2.40. The quantitative estimate of drug-likeness (QED) is 0.103. The number of benzene rings is 1. The zero-order chi connectivity index (χ0) is 41.1. The first-order valence-corrected chi connectivity index (χ1v) is 20.5. The van der Waals surface area contributed by atoms with Crippen molar-refractivity contribution in [1.29, 1.82) is 0 Å². The van der Waals surface area contributed by atoms with Crippen molar-refractivity contribution in [2.45, 2.75) is 147 Å². The second-order valence-electron chi connectivity index (χ2n) is 15.6. The number of nitrogens with one attached hydrogen (secondary N) is 5. The van der Waals surface area contributed by atoms with Gasteiger partial charge in [0.1, 0.15) is 29.7 Å². The molecular weight excluding hydrogens is 772 g/mol. The molecule has 16 heteroatoms. The number of hydrogen-bond acceptors (Lipinski definition) is 9. The first-order valence-electron chi connectivity index (χ1n) is 19.7. The number of nitrogens with two attached hydrogens (primary N) is 3. The Balaban J connectivity index is 2.52. The molecule has 1 aromatic carbocycles. The van der Waals surface area contributed by atoms with Gasteiger partial charge in [0.05, 0.1) is 6.04 Å². The summed E-state index contributed by atoms with van der Waals surface area (Å²) in [6.07, 6.45) is 5.37. The van der Waals surface area contributed by atoms with E-state index in [9.17, 15) is 33.9 Å². The third-order valence-electron chi connectivity index (χ3n) is 10.0. The molecule has 1 saturated heterocycles. The summed E-state index contributed by atoms with van der Waals surface area (Å²) in [6.45, 7) is 8.10. The molecule has 0 radical (unpaired) electrons. The molecule has 1 aliphatic rings. The van der Waals surface area contributed by atoms with Crippen LogP contribution in [0.1, 0.15) is 110 Å². The Morgan fingerprint density at radius 1 is 0.873 bits per heavy atom.